The predicted molar refractivity (Wildman–Crippen MR) is 119 cm³/mol. The zero-order valence-corrected chi connectivity index (χ0v) is 18.9. The second-order valence-electron chi connectivity index (χ2n) is 9.04. The number of H-pyrrole nitrogens is 1. The Kier molecular flexibility index (Phi) is 4.93. The second kappa shape index (κ2) is 7.23. The zero-order chi connectivity index (χ0) is 22.6. The normalized spacial score (nSPS) is 18.8. The number of ketones is 1. The van der Waals surface area contributed by atoms with E-state index in [1.807, 2.05) is 24.3 Å². The van der Waals surface area contributed by atoms with Gasteiger partial charge < -0.3 is 14.1 Å². The maximum absolute atomic E-state index is 13.1. The lowest BCUT2D eigenvalue weighted by Gasteiger charge is -2.31. The van der Waals surface area contributed by atoms with Gasteiger partial charge in [-0.15, -0.1) is 11.3 Å². The van der Waals surface area contributed by atoms with E-state index in [0.717, 1.165) is 16.5 Å². The lowest BCUT2D eigenvalue weighted by atomic mass is 9.99. The van der Waals surface area contributed by atoms with Crippen molar-refractivity contribution in [2.45, 2.75) is 45.8 Å². The Bertz CT molecular complexity index is 1370. The second-order valence-corrected chi connectivity index (χ2v) is 10.1. The summed E-state index contributed by atoms with van der Waals surface area (Å²) >= 11 is 1.21. The summed E-state index contributed by atoms with van der Waals surface area (Å²) in [5.74, 6) is -0.206. The summed E-state index contributed by atoms with van der Waals surface area (Å²) in [5.41, 5.74) is 0.0215. The molecule has 1 aromatic carbocycles. The SMILES string of the molecule is CC(C)(C)OC(=O)N1C/C(=c2\[nH]c(=O)/c(=C/c3ccc4occc4c3)s2)C(=O)C1(C)C. The van der Waals surface area contributed by atoms with Gasteiger partial charge in [-0.3, -0.25) is 14.5 Å². The molecule has 1 saturated heterocycles. The molecule has 1 amide bonds. The molecule has 1 N–H and O–H groups in total. The number of carbonyl (C=O) groups is 2. The van der Waals surface area contributed by atoms with Crippen molar-refractivity contribution in [3.8, 4) is 0 Å². The minimum absolute atomic E-state index is 0.0810. The molecule has 0 radical (unpaired) electrons. The largest absolute Gasteiger partial charge is 0.464 e. The smallest absolute Gasteiger partial charge is 0.411 e. The number of ether oxygens (including phenoxy) is 1. The molecule has 1 aliphatic heterocycles. The fraction of sp³-hybridized carbons (Fsp3) is 0.348. The average molecular weight is 441 g/mol. The quantitative estimate of drug-likeness (QED) is 0.628. The summed E-state index contributed by atoms with van der Waals surface area (Å²) in [7, 11) is 0. The highest BCUT2D eigenvalue weighted by atomic mass is 32.1. The van der Waals surface area contributed by atoms with E-state index >= 15 is 0 Å². The fourth-order valence-electron chi connectivity index (χ4n) is 3.51. The molecule has 162 valence electrons. The number of hydrogen-bond acceptors (Lipinski definition) is 6. The maximum Gasteiger partial charge on any atom is 0.411 e. The van der Waals surface area contributed by atoms with Gasteiger partial charge >= 0.3 is 6.09 Å². The molecular formula is C23H24N2O5S. The number of rotatable bonds is 1. The summed E-state index contributed by atoms with van der Waals surface area (Å²) in [5, 5.41) is 0.942. The van der Waals surface area contributed by atoms with Gasteiger partial charge in [-0.25, -0.2) is 4.79 Å². The van der Waals surface area contributed by atoms with Gasteiger partial charge in [-0.05, 0) is 64.5 Å². The van der Waals surface area contributed by atoms with E-state index in [4.69, 9.17) is 9.15 Å². The molecule has 7 nitrogen and oxygen atoms in total. The predicted octanol–water partition coefficient (Wildman–Crippen LogP) is 2.76. The van der Waals surface area contributed by atoms with Crippen LogP contribution in [0.1, 0.15) is 40.2 Å². The Labute approximate surface area is 182 Å². The molecule has 0 saturated carbocycles. The van der Waals surface area contributed by atoms with E-state index in [0.29, 0.717) is 14.8 Å². The standard InChI is InChI=1S/C23H24N2O5S/c1-22(2,3)30-21(28)25-12-15(18(26)23(25,4)5)20-24-19(27)17(31-20)11-13-6-7-16-14(10-13)8-9-29-16/h6-11H,12H2,1-5H3,(H,24,27)/b17-11-,20-15-. The van der Waals surface area contributed by atoms with Crippen LogP contribution < -0.4 is 14.8 Å². The molecule has 4 rings (SSSR count). The number of hydrogen-bond donors (Lipinski definition) is 1. The van der Waals surface area contributed by atoms with E-state index in [-0.39, 0.29) is 17.9 Å². The first-order valence-corrected chi connectivity index (χ1v) is 10.7. The number of nitrogens with one attached hydrogen (secondary N) is 1. The van der Waals surface area contributed by atoms with Crippen LogP contribution in [0.5, 0.6) is 0 Å². The number of thiazole rings is 1. The summed E-state index contributed by atoms with van der Waals surface area (Å²) < 4.78 is 11.8. The minimum Gasteiger partial charge on any atom is -0.464 e. The van der Waals surface area contributed by atoms with Gasteiger partial charge in [-0.1, -0.05) is 6.07 Å². The fourth-order valence-corrected chi connectivity index (χ4v) is 4.49. The number of aromatic nitrogens is 1. The Morgan fingerprint density at radius 3 is 2.71 bits per heavy atom. The van der Waals surface area contributed by atoms with E-state index in [9.17, 15) is 14.4 Å². The number of Topliss-reactive ketones (excluding diaryl/α,β-unsaturated/α-hetero) is 1. The van der Waals surface area contributed by atoms with Crippen LogP contribution in [0.3, 0.4) is 0 Å². The van der Waals surface area contributed by atoms with Crippen LogP contribution in [0, 0.1) is 0 Å². The number of furan rings is 1. The van der Waals surface area contributed by atoms with Gasteiger partial charge in [0.2, 0.25) is 0 Å². The van der Waals surface area contributed by atoms with Crippen LogP contribution >= 0.6 is 11.3 Å². The van der Waals surface area contributed by atoms with Crippen LogP contribution in [0.4, 0.5) is 4.79 Å². The Morgan fingerprint density at radius 1 is 1.26 bits per heavy atom. The molecular weight excluding hydrogens is 416 g/mol. The van der Waals surface area contributed by atoms with Crippen LogP contribution in [0.15, 0.2) is 39.7 Å². The van der Waals surface area contributed by atoms with Crippen molar-refractivity contribution >= 4 is 45.8 Å². The van der Waals surface area contributed by atoms with E-state index in [2.05, 4.69) is 4.98 Å². The molecule has 0 spiro atoms. The summed E-state index contributed by atoms with van der Waals surface area (Å²) in [6.07, 6.45) is 2.83. The van der Waals surface area contributed by atoms with Crippen molar-refractivity contribution in [1.29, 1.82) is 0 Å². The molecule has 0 bridgehead atoms. The van der Waals surface area contributed by atoms with Gasteiger partial charge in [-0.2, -0.15) is 0 Å². The van der Waals surface area contributed by atoms with Crippen LogP contribution in [-0.2, 0) is 9.53 Å². The first-order valence-electron chi connectivity index (χ1n) is 9.92. The monoisotopic (exact) mass is 440 g/mol. The van der Waals surface area contributed by atoms with Crippen molar-refractivity contribution in [2.24, 2.45) is 0 Å². The van der Waals surface area contributed by atoms with Crippen LogP contribution in [0.25, 0.3) is 22.6 Å². The minimum atomic E-state index is -1.06. The van der Waals surface area contributed by atoms with Crippen LogP contribution in [-0.4, -0.2) is 39.4 Å². The van der Waals surface area contributed by atoms with Crippen molar-refractivity contribution in [2.75, 3.05) is 6.54 Å². The van der Waals surface area contributed by atoms with E-state index < -0.39 is 17.2 Å². The van der Waals surface area contributed by atoms with Gasteiger partial charge in [0.25, 0.3) is 5.56 Å². The molecule has 1 fully saturated rings. The lowest BCUT2D eigenvalue weighted by Crippen LogP contribution is -2.48. The molecule has 31 heavy (non-hydrogen) atoms. The van der Waals surface area contributed by atoms with E-state index in [1.54, 1.807) is 47.0 Å². The van der Waals surface area contributed by atoms with Crippen LogP contribution in [0.2, 0.25) is 0 Å². The van der Waals surface area contributed by atoms with E-state index in [1.165, 1.54) is 16.2 Å². The van der Waals surface area contributed by atoms with Gasteiger partial charge in [0.05, 0.1) is 22.9 Å². The third-order valence-corrected chi connectivity index (χ3v) is 6.22. The number of fused-ring (bicyclic) bond motifs is 1. The van der Waals surface area contributed by atoms with Crippen molar-refractivity contribution in [3.63, 3.8) is 0 Å². The molecule has 0 unspecified atom stereocenters. The average Bonchev–Trinajstić information content (AvgIpc) is 3.32. The number of likely N-dealkylation sites (tertiary alicyclic amines) is 1. The summed E-state index contributed by atoms with van der Waals surface area (Å²) in [6, 6.07) is 7.50. The van der Waals surface area contributed by atoms with Gasteiger partial charge in [0.1, 0.15) is 21.4 Å². The highest BCUT2D eigenvalue weighted by molar-refractivity contribution is 7.07. The van der Waals surface area contributed by atoms with Crippen molar-refractivity contribution in [1.82, 2.24) is 9.88 Å². The Balaban J connectivity index is 1.75. The lowest BCUT2D eigenvalue weighted by molar-refractivity contribution is -0.120. The van der Waals surface area contributed by atoms with Gasteiger partial charge in [0, 0.05) is 5.39 Å². The maximum atomic E-state index is 13.1. The molecule has 3 heterocycles. The molecule has 3 aromatic rings. The first-order chi connectivity index (χ1) is 14.5. The summed E-state index contributed by atoms with van der Waals surface area (Å²) in [4.78, 5) is 42.5. The third-order valence-electron chi connectivity index (χ3n) is 5.15. The summed E-state index contributed by atoms with van der Waals surface area (Å²) in [6.45, 7) is 8.79. The first kappa shape index (κ1) is 21.1. The highest BCUT2D eigenvalue weighted by Gasteiger charge is 2.48. The van der Waals surface area contributed by atoms with Crippen molar-refractivity contribution in [3.05, 3.63) is 55.6 Å². The number of carbonyl (C=O) groups excluding carboxylic acids is 2. The molecule has 1 aliphatic rings. The third kappa shape index (κ3) is 3.95. The Morgan fingerprint density at radius 2 is 2.00 bits per heavy atom. The van der Waals surface area contributed by atoms with Gasteiger partial charge in [0.15, 0.2) is 5.78 Å². The number of aromatic amines is 1. The van der Waals surface area contributed by atoms with Crippen molar-refractivity contribution < 1.29 is 18.7 Å². The number of amides is 1. The Hall–Kier alpha value is -3.13. The number of nitrogens with zero attached hydrogens (tertiary/aromatic N) is 1. The number of benzene rings is 1. The molecule has 0 atom stereocenters. The zero-order valence-electron chi connectivity index (χ0n) is 18.1. The molecule has 8 heteroatoms. The molecule has 0 aliphatic carbocycles. The molecule has 2 aromatic heterocycles. The highest BCUT2D eigenvalue weighted by Crippen LogP contribution is 2.30. The topological polar surface area (TPSA) is 92.6 Å².